The lowest BCUT2D eigenvalue weighted by Gasteiger charge is -2.38. The number of halogens is 1. The largest absolute Gasteiger partial charge is 0.473 e. The third kappa shape index (κ3) is 6.85. The first kappa shape index (κ1) is 28.1. The molecule has 0 bridgehead atoms. The summed E-state index contributed by atoms with van der Waals surface area (Å²) in [5, 5.41) is 0. The minimum absolute atomic E-state index is 0.179. The molecule has 1 aliphatic rings. The summed E-state index contributed by atoms with van der Waals surface area (Å²) in [7, 11) is 0. The number of ether oxygens (including phenoxy) is 3. The highest BCUT2D eigenvalue weighted by Crippen LogP contribution is 2.37. The monoisotopic (exact) mass is 554 g/mol. The molecule has 1 saturated heterocycles. The Bertz CT molecular complexity index is 1450. The summed E-state index contributed by atoms with van der Waals surface area (Å²) in [6.07, 6.45) is 1.22. The fourth-order valence-corrected chi connectivity index (χ4v) is 4.97. The predicted octanol–water partition coefficient (Wildman–Crippen LogP) is 7.22. The van der Waals surface area contributed by atoms with Crippen LogP contribution in [0, 0.1) is 11.2 Å². The number of benzene rings is 3. The van der Waals surface area contributed by atoms with Crippen LogP contribution in [-0.2, 0) is 22.7 Å². The number of rotatable bonds is 10. The van der Waals surface area contributed by atoms with Crippen molar-refractivity contribution in [3.05, 3.63) is 108 Å². The number of nitrogens with zero attached hydrogens (tertiary/aromatic N) is 2. The van der Waals surface area contributed by atoms with Gasteiger partial charge in [0.05, 0.1) is 17.7 Å². The van der Waals surface area contributed by atoms with Crippen molar-refractivity contribution >= 4 is 11.7 Å². The van der Waals surface area contributed by atoms with Gasteiger partial charge in [-0.2, -0.15) is 4.98 Å². The third-order valence-electron chi connectivity index (χ3n) is 7.52. The molecular weight excluding hydrogens is 519 g/mol. The minimum Gasteiger partial charge on any atom is -0.473 e. The van der Waals surface area contributed by atoms with E-state index in [9.17, 15) is 4.79 Å². The second kappa shape index (κ2) is 12.9. The number of carbonyl (C=O) groups is 1. The second-order valence-electron chi connectivity index (χ2n) is 10.5. The maximum absolute atomic E-state index is 15.5. The Balaban J connectivity index is 1.35. The summed E-state index contributed by atoms with van der Waals surface area (Å²) in [4.78, 5) is 19.0. The van der Waals surface area contributed by atoms with Gasteiger partial charge in [0.15, 0.2) is 0 Å². The molecule has 0 saturated carbocycles. The lowest BCUT2D eigenvalue weighted by Crippen LogP contribution is -2.43. The number of aromatic nitrogens is 1. The number of piperidine rings is 1. The highest BCUT2D eigenvalue weighted by Gasteiger charge is 2.38. The molecule has 1 aromatic heterocycles. The van der Waals surface area contributed by atoms with E-state index in [0.29, 0.717) is 74.3 Å². The molecule has 0 aliphatic carbocycles. The van der Waals surface area contributed by atoms with E-state index in [2.05, 4.69) is 4.98 Å². The highest BCUT2D eigenvalue weighted by atomic mass is 19.1. The standard InChI is InChI=1S/C34H35FN2O4/c1-3-39-33(38)34(2)18-20-37(21-19-34)30-16-14-27(22-29(30)35)28-15-17-31(40-23-25-10-6-4-7-11-25)36-32(28)41-24-26-12-8-5-9-13-26/h4-17,22H,3,18-21,23-24H2,1-2H3. The normalized spacial score (nSPS) is 14.4. The van der Waals surface area contributed by atoms with Gasteiger partial charge in [0.2, 0.25) is 11.8 Å². The van der Waals surface area contributed by atoms with E-state index < -0.39 is 5.41 Å². The topological polar surface area (TPSA) is 60.9 Å². The van der Waals surface area contributed by atoms with Crippen LogP contribution in [0.15, 0.2) is 91.0 Å². The number of carbonyl (C=O) groups excluding carboxylic acids is 1. The van der Waals surface area contributed by atoms with Crippen molar-refractivity contribution in [3.8, 4) is 22.9 Å². The zero-order valence-electron chi connectivity index (χ0n) is 23.5. The van der Waals surface area contributed by atoms with E-state index >= 15 is 4.39 Å². The quantitative estimate of drug-likeness (QED) is 0.193. The summed E-state index contributed by atoms with van der Waals surface area (Å²) < 4.78 is 32.9. The van der Waals surface area contributed by atoms with E-state index in [0.717, 1.165) is 11.1 Å². The van der Waals surface area contributed by atoms with Crippen molar-refractivity contribution in [2.24, 2.45) is 5.41 Å². The first-order valence-electron chi connectivity index (χ1n) is 14.0. The fourth-order valence-electron chi connectivity index (χ4n) is 4.97. The Labute approximate surface area is 240 Å². The summed E-state index contributed by atoms with van der Waals surface area (Å²) >= 11 is 0. The van der Waals surface area contributed by atoms with E-state index in [4.69, 9.17) is 14.2 Å². The summed E-state index contributed by atoms with van der Waals surface area (Å²) in [5.41, 5.74) is 3.34. The van der Waals surface area contributed by atoms with Gasteiger partial charge in [-0.3, -0.25) is 4.79 Å². The van der Waals surface area contributed by atoms with Gasteiger partial charge in [-0.1, -0.05) is 66.7 Å². The Morgan fingerprint density at radius 3 is 2.12 bits per heavy atom. The molecule has 0 amide bonds. The molecule has 0 unspecified atom stereocenters. The first-order valence-corrected chi connectivity index (χ1v) is 14.0. The molecule has 2 heterocycles. The van der Waals surface area contributed by atoms with Gasteiger partial charge in [-0.25, -0.2) is 4.39 Å². The van der Waals surface area contributed by atoms with Crippen molar-refractivity contribution in [2.45, 2.75) is 39.9 Å². The van der Waals surface area contributed by atoms with Gasteiger partial charge in [0.25, 0.3) is 0 Å². The molecule has 41 heavy (non-hydrogen) atoms. The van der Waals surface area contributed by atoms with Gasteiger partial charge in [0.1, 0.15) is 19.0 Å². The molecule has 3 aromatic carbocycles. The molecule has 4 aromatic rings. The molecular formula is C34H35FN2O4. The molecule has 6 nitrogen and oxygen atoms in total. The van der Waals surface area contributed by atoms with Crippen LogP contribution < -0.4 is 14.4 Å². The van der Waals surface area contributed by atoms with E-state index in [-0.39, 0.29) is 11.8 Å². The Kier molecular flexibility index (Phi) is 8.82. The van der Waals surface area contributed by atoms with Crippen LogP contribution >= 0.6 is 0 Å². The van der Waals surface area contributed by atoms with E-state index in [1.165, 1.54) is 6.07 Å². The number of esters is 1. The first-order chi connectivity index (χ1) is 19.9. The van der Waals surface area contributed by atoms with Crippen molar-refractivity contribution in [3.63, 3.8) is 0 Å². The molecule has 0 N–H and O–H groups in total. The van der Waals surface area contributed by atoms with Crippen LogP contribution in [0.25, 0.3) is 11.1 Å². The molecule has 0 radical (unpaired) electrons. The Morgan fingerprint density at radius 1 is 0.878 bits per heavy atom. The zero-order valence-corrected chi connectivity index (χ0v) is 23.5. The highest BCUT2D eigenvalue weighted by molar-refractivity contribution is 5.77. The smallest absolute Gasteiger partial charge is 0.311 e. The van der Waals surface area contributed by atoms with Crippen molar-refractivity contribution in [1.82, 2.24) is 4.98 Å². The number of anilines is 1. The summed E-state index contributed by atoms with van der Waals surface area (Å²) in [6, 6.07) is 28.5. The second-order valence-corrected chi connectivity index (χ2v) is 10.5. The molecule has 0 atom stereocenters. The molecule has 212 valence electrons. The summed E-state index contributed by atoms with van der Waals surface area (Å²) in [5.74, 6) is 0.285. The van der Waals surface area contributed by atoms with Gasteiger partial charge >= 0.3 is 5.97 Å². The SMILES string of the molecule is CCOC(=O)C1(C)CCN(c2ccc(-c3ccc(OCc4ccccc4)nc3OCc3ccccc3)cc2F)CC1. The average molecular weight is 555 g/mol. The molecule has 1 aliphatic heterocycles. The van der Waals surface area contributed by atoms with Crippen LogP contribution in [-0.4, -0.2) is 30.6 Å². The number of pyridine rings is 1. The molecule has 1 fully saturated rings. The van der Waals surface area contributed by atoms with Crippen molar-refractivity contribution in [2.75, 3.05) is 24.6 Å². The van der Waals surface area contributed by atoms with Crippen LogP contribution in [0.5, 0.6) is 11.8 Å². The Hall–Kier alpha value is -4.39. The van der Waals surface area contributed by atoms with Crippen LogP contribution in [0.2, 0.25) is 0 Å². The lowest BCUT2D eigenvalue weighted by atomic mass is 9.80. The van der Waals surface area contributed by atoms with Gasteiger partial charge in [-0.15, -0.1) is 0 Å². The van der Waals surface area contributed by atoms with Gasteiger partial charge in [0, 0.05) is 24.7 Å². The molecule has 0 spiro atoms. The summed E-state index contributed by atoms with van der Waals surface area (Å²) in [6.45, 7) is 5.94. The van der Waals surface area contributed by atoms with Gasteiger partial charge < -0.3 is 19.1 Å². The van der Waals surface area contributed by atoms with Crippen LogP contribution in [0.1, 0.15) is 37.8 Å². The van der Waals surface area contributed by atoms with Crippen molar-refractivity contribution < 1.29 is 23.4 Å². The van der Waals surface area contributed by atoms with Crippen molar-refractivity contribution in [1.29, 1.82) is 0 Å². The minimum atomic E-state index is -0.538. The molecule has 7 heteroatoms. The van der Waals surface area contributed by atoms with Crippen LogP contribution in [0.3, 0.4) is 0 Å². The lowest BCUT2D eigenvalue weighted by molar-refractivity contribution is -0.155. The molecule has 5 rings (SSSR count). The average Bonchev–Trinajstić information content (AvgIpc) is 3.01. The maximum Gasteiger partial charge on any atom is 0.311 e. The zero-order chi connectivity index (χ0) is 28.7. The fraction of sp³-hybridized carbons (Fsp3) is 0.294. The predicted molar refractivity (Wildman–Crippen MR) is 157 cm³/mol. The number of hydrogen-bond donors (Lipinski definition) is 0. The number of hydrogen-bond acceptors (Lipinski definition) is 6. The third-order valence-corrected chi connectivity index (χ3v) is 7.52. The van der Waals surface area contributed by atoms with E-state index in [1.807, 2.05) is 91.5 Å². The van der Waals surface area contributed by atoms with Crippen LogP contribution in [0.4, 0.5) is 10.1 Å². The Morgan fingerprint density at radius 2 is 1.51 bits per heavy atom. The maximum atomic E-state index is 15.5. The van der Waals surface area contributed by atoms with Gasteiger partial charge in [-0.05, 0) is 61.6 Å². The van der Waals surface area contributed by atoms with E-state index in [1.54, 1.807) is 12.1 Å².